The van der Waals surface area contributed by atoms with Crippen molar-refractivity contribution in [1.29, 1.82) is 0 Å². The number of halogens is 1. The van der Waals surface area contributed by atoms with E-state index in [0.717, 1.165) is 18.4 Å². The van der Waals surface area contributed by atoms with Crippen molar-refractivity contribution in [2.45, 2.75) is 32.6 Å². The summed E-state index contributed by atoms with van der Waals surface area (Å²) in [7, 11) is 0. The molecule has 118 valence electrons. The Hall–Kier alpha value is -1.75. The average molecular weight is 325 g/mol. The van der Waals surface area contributed by atoms with Crippen molar-refractivity contribution in [2.75, 3.05) is 19.8 Å². The van der Waals surface area contributed by atoms with E-state index in [1.165, 1.54) is 0 Å². The second kappa shape index (κ2) is 6.16. The maximum absolute atomic E-state index is 12.5. The largest absolute Gasteiger partial charge is 0.492 e. The van der Waals surface area contributed by atoms with Gasteiger partial charge in [-0.1, -0.05) is 11.6 Å². The lowest BCUT2D eigenvalue weighted by molar-refractivity contribution is -0.137. The van der Waals surface area contributed by atoms with Gasteiger partial charge in [-0.15, -0.1) is 0 Å². The molecule has 0 saturated carbocycles. The Morgan fingerprint density at radius 2 is 1.73 bits per heavy atom. The van der Waals surface area contributed by atoms with Crippen LogP contribution in [0.4, 0.5) is 0 Å². The van der Waals surface area contributed by atoms with E-state index >= 15 is 0 Å². The van der Waals surface area contributed by atoms with Crippen LogP contribution in [0.15, 0.2) is 0 Å². The van der Waals surface area contributed by atoms with Crippen LogP contribution in [-0.2, 0) is 22.4 Å². The van der Waals surface area contributed by atoms with E-state index in [1.54, 1.807) is 6.92 Å². The molecule has 0 fully saturated rings. The summed E-state index contributed by atoms with van der Waals surface area (Å²) in [5.41, 5.74) is 1.68. The number of rotatable bonds is 3. The van der Waals surface area contributed by atoms with Crippen molar-refractivity contribution in [1.82, 2.24) is 0 Å². The fourth-order valence-corrected chi connectivity index (χ4v) is 3.28. The lowest BCUT2D eigenvalue weighted by atomic mass is 9.91. The maximum Gasteiger partial charge on any atom is 0.379 e. The zero-order valence-corrected chi connectivity index (χ0v) is 13.1. The predicted molar refractivity (Wildman–Crippen MR) is 80.0 cm³/mol. The lowest BCUT2D eigenvalue weighted by Crippen LogP contribution is -2.25. The van der Waals surface area contributed by atoms with Gasteiger partial charge in [0.05, 0.1) is 30.4 Å². The number of ether oxygens (including phenoxy) is 3. The molecule has 0 bridgehead atoms. The Kier molecular flexibility index (Phi) is 4.25. The van der Waals surface area contributed by atoms with Crippen LogP contribution >= 0.6 is 11.6 Å². The third-order valence-corrected chi connectivity index (χ3v) is 4.26. The molecule has 0 spiro atoms. The highest BCUT2D eigenvalue weighted by atomic mass is 35.5. The van der Waals surface area contributed by atoms with Crippen LogP contribution in [0.25, 0.3) is 0 Å². The van der Waals surface area contributed by atoms with Gasteiger partial charge in [0.1, 0.15) is 11.5 Å². The van der Waals surface area contributed by atoms with Gasteiger partial charge >= 0.3 is 5.97 Å². The summed E-state index contributed by atoms with van der Waals surface area (Å²) < 4.78 is 16.2. The summed E-state index contributed by atoms with van der Waals surface area (Å²) in [5.74, 6) is -0.601. The first-order valence-electron chi connectivity index (χ1n) is 7.49. The minimum atomic E-state index is -0.867. The van der Waals surface area contributed by atoms with Gasteiger partial charge in [-0.3, -0.25) is 4.79 Å². The summed E-state index contributed by atoms with van der Waals surface area (Å²) in [6.07, 6.45) is 2.92. The highest BCUT2D eigenvalue weighted by molar-refractivity contribution is 6.42. The van der Waals surface area contributed by atoms with Crippen molar-refractivity contribution >= 4 is 23.4 Å². The van der Waals surface area contributed by atoms with Crippen molar-refractivity contribution in [3.8, 4) is 11.5 Å². The molecule has 5 nitrogen and oxygen atoms in total. The summed E-state index contributed by atoms with van der Waals surface area (Å²) >= 11 is 6.43. The van der Waals surface area contributed by atoms with E-state index in [1.807, 2.05) is 0 Å². The Morgan fingerprint density at radius 1 is 1.09 bits per heavy atom. The highest BCUT2D eigenvalue weighted by Gasteiger charge is 2.34. The molecule has 3 rings (SSSR count). The first kappa shape index (κ1) is 15.2. The quantitative estimate of drug-likeness (QED) is 0.486. The Labute approximate surface area is 133 Å². The first-order chi connectivity index (χ1) is 10.6. The SMILES string of the molecule is CCOC(=O)C(=O)c1c2c(c(Cl)c3c1OCCC3)OCCC2. The molecule has 6 heteroatoms. The zero-order chi connectivity index (χ0) is 15.7. The second-order valence-corrected chi connectivity index (χ2v) is 5.64. The molecule has 0 aliphatic carbocycles. The Balaban J connectivity index is 2.18. The smallest absolute Gasteiger partial charge is 0.379 e. The molecule has 0 amide bonds. The molecule has 0 N–H and O–H groups in total. The number of esters is 1. The fraction of sp³-hybridized carbons (Fsp3) is 0.500. The molecule has 2 heterocycles. The molecule has 1 aromatic carbocycles. The van der Waals surface area contributed by atoms with Crippen molar-refractivity contribution in [3.05, 3.63) is 21.7 Å². The molecule has 1 aromatic rings. The topological polar surface area (TPSA) is 61.8 Å². The molecule has 0 atom stereocenters. The monoisotopic (exact) mass is 324 g/mol. The fourth-order valence-electron chi connectivity index (χ4n) is 2.93. The highest BCUT2D eigenvalue weighted by Crippen LogP contribution is 2.46. The van der Waals surface area contributed by atoms with Gasteiger partial charge in [0.15, 0.2) is 0 Å². The van der Waals surface area contributed by atoms with E-state index in [9.17, 15) is 9.59 Å². The van der Waals surface area contributed by atoms with Crippen LogP contribution in [0.5, 0.6) is 11.5 Å². The standard InChI is InChI=1S/C16H17ClO5/c1-2-20-16(19)13(18)11-9-5-3-8-22-15(9)12(17)10-6-4-7-21-14(10)11/h2-8H2,1H3. The number of carbonyl (C=O) groups is 2. The number of benzene rings is 1. The Bertz CT molecular complexity index is 601. The number of carbonyl (C=O) groups excluding carboxylic acids is 2. The molecule has 2 aliphatic heterocycles. The zero-order valence-electron chi connectivity index (χ0n) is 12.4. The van der Waals surface area contributed by atoms with E-state index in [2.05, 4.69) is 0 Å². The maximum atomic E-state index is 12.5. The van der Waals surface area contributed by atoms with Gasteiger partial charge in [0, 0.05) is 11.1 Å². The molecule has 0 unspecified atom stereocenters. The third kappa shape index (κ3) is 2.43. The van der Waals surface area contributed by atoms with Gasteiger partial charge in [-0.25, -0.2) is 4.79 Å². The minimum absolute atomic E-state index is 0.153. The van der Waals surface area contributed by atoms with Crippen molar-refractivity contribution in [3.63, 3.8) is 0 Å². The van der Waals surface area contributed by atoms with E-state index in [-0.39, 0.29) is 12.2 Å². The molecular formula is C16H17ClO5. The average Bonchev–Trinajstić information content (AvgIpc) is 2.55. The predicted octanol–water partition coefficient (Wildman–Crippen LogP) is 2.74. The van der Waals surface area contributed by atoms with Gasteiger partial charge in [0.25, 0.3) is 5.78 Å². The number of ketones is 1. The Morgan fingerprint density at radius 3 is 2.41 bits per heavy atom. The number of hydrogen-bond acceptors (Lipinski definition) is 5. The molecule has 22 heavy (non-hydrogen) atoms. The van der Waals surface area contributed by atoms with E-state index in [0.29, 0.717) is 48.1 Å². The normalized spacial score (nSPS) is 15.9. The second-order valence-electron chi connectivity index (χ2n) is 5.26. The summed E-state index contributed by atoms with van der Waals surface area (Å²) in [4.78, 5) is 24.4. The van der Waals surface area contributed by atoms with Crippen molar-refractivity contribution < 1.29 is 23.8 Å². The number of hydrogen-bond donors (Lipinski definition) is 0. The third-order valence-electron chi connectivity index (χ3n) is 3.86. The summed E-state index contributed by atoms with van der Waals surface area (Å²) in [6, 6.07) is 0. The lowest BCUT2D eigenvalue weighted by Gasteiger charge is -2.28. The van der Waals surface area contributed by atoms with Crippen LogP contribution in [0.3, 0.4) is 0 Å². The van der Waals surface area contributed by atoms with Crippen LogP contribution < -0.4 is 9.47 Å². The molecule has 0 radical (unpaired) electrons. The molecule has 0 saturated heterocycles. The van der Waals surface area contributed by atoms with Crippen LogP contribution in [0, 0.1) is 0 Å². The summed E-state index contributed by atoms with van der Waals surface area (Å²) in [6.45, 7) is 2.88. The molecule has 2 aliphatic rings. The first-order valence-corrected chi connectivity index (χ1v) is 7.87. The van der Waals surface area contributed by atoms with Crippen molar-refractivity contribution in [2.24, 2.45) is 0 Å². The van der Waals surface area contributed by atoms with E-state index in [4.69, 9.17) is 25.8 Å². The van der Waals surface area contributed by atoms with Crippen LogP contribution in [-0.4, -0.2) is 31.6 Å². The number of Topliss-reactive ketones (excluding diaryl/α,β-unsaturated/α-hetero) is 1. The van der Waals surface area contributed by atoms with E-state index < -0.39 is 11.8 Å². The minimum Gasteiger partial charge on any atom is -0.492 e. The molecular weight excluding hydrogens is 308 g/mol. The van der Waals surface area contributed by atoms with Gasteiger partial charge < -0.3 is 14.2 Å². The van der Waals surface area contributed by atoms with Crippen LogP contribution in [0.1, 0.15) is 41.3 Å². The van der Waals surface area contributed by atoms with Gasteiger partial charge in [0.2, 0.25) is 0 Å². The van der Waals surface area contributed by atoms with Gasteiger partial charge in [-0.05, 0) is 32.6 Å². The number of fused-ring (bicyclic) bond motifs is 2. The molecule has 0 aromatic heterocycles. The van der Waals surface area contributed by atoms with Gasteiger partial charge in [-0.2, -0.15) is 0 Å². The summed E-state index contributed by atoms with van der Waals surface area (Å²) in [5, 5.41) is 0.504. The van der Waals surface area contributed by atoms with Crippen LogP contribution in [0.2, 0.25) is 5.02 Å².